The number of hydrogen-bond acceptors (Lipinski definition) is 8. The van der Waals surface area contributed by atoms with Gasteiger partial charge in [0.1, 0.15) is 17.4 Å². The highest BCUT2D eigenvalue weighted by atomic mass is 32.2. The van der Waals surface area contributed by atoms with Crippen molar-refractivity contribution in [1.82, 2.24) is 14.6 Å². The molecule has 0 aliphatic carbocycles. The first-order valence-corrected chi connectivity index (χ1v) is 15.3. The standard InChI is InChI=1S/C30H35FN4O7S/c1-3-4-15-34(43(39,40)24-12-8-11-23(17-24)41-2)19-26(36)25(16-21-9-6-5-7-10-21)33-29(37)27-20-35(30(38)42-27)28-14-13-22(31)18-32-28/h5-14,17-18,25-27,36H,3-4,15-16,19-20H2,1-2H3,(H,33,37)/t25?,26-,27?/m1/s1. The van der Waals surface area contributed by atoms with Crippen molar-refractivity contribution in [3.05, 3.63) is 84.3 Å². The summed E-state index contributed by atoms with van der Waals surface area (Å²) in [6.07, 6.45) is -0.984. The molecule has 3 atom stereocenters. The lowest BCUT2D eigenvalue weighted by atomic mass is 10.0. The highest BCUT2D eigenvalue weighted by Gasteiger charge is 2.39. The summed E-state index contributed by atoms with van der Waals surface area (Å²) in [5.41, 5.74) is 0.795. The molecule has 2 aromatic carbocycles. The maximum Gasteiger partial charge on any atom is 0.416 e. The predicted octanol–water partition coefficient (Wildman–Crippen LogP) is 3.13. The number of methoxy groups -OCH3 is 1. The van der Waals surface area contributed by atoms with Crippen molar-refractivity contribution >= 4 is 27.8 Å². The molecule has 11 nitrogen and oxygen atoms in total. The molecular weight excluding hydrogens is 579 g/mol. The van der Waals surface area contributed by atoms with Gasteiger partial charge in [-0.25, -0.2) is 22.6 Å². The molecule has 13 heteroatoms. The first-order chi connectivity index (χ1) is 20.6. The van der Waals surface area contributed by atoms with Crippen LogP contribution in [0.3, 0.4) is 0 Å². The summed E-state index contributed by atoms with van der Waals surface area (Å²) in [7, 11) is -2.59. The summed E-state index contributed by atoms with van der Waals surface area (Å²) >= 11 is 0. The molecule has 1 aromatic heterocycles. The van der Waals surface area contributed by atoms with Gasteiger partial charge in [-0.05, 0) is 42.7 Å². The van der Waals surface area contributed by atoms with Crippen LogP contribution in [-0.4, -0.2) is 79.8 Å². The zero-order valence-electron chi connectivity index (χ0n) is 23.9. The average Bonchev–Trinajstić information content (AvgIpc) is 3.41. The Morgan fingerprint density at radius 2 is 1.98 bits per heavy atom. The van der Waals surface area contributed by atoms with Crippen molar-refractivity contribution in [2.45, 2.75) is 49.3 Å². The quantitative estimate of drug-likeness (QED) is 0.283. The Balaban J connectivity index is 1.54. The number of nitrogens with one attached hydrogen (secondary N) is 1. The third-order valence-electron chi connectivity index (χ3n) is 7.01. The first kappa shape index (κ1) is 31.9. The number of ether oxygens (including phenoxy) is 2. The number of rotatable bonds is 14. The molecule has 1 fully saturated rings. The number of carbonyl (C=O) groups excluding carboxylic acids is 2. The highest BCUT2D eigenvalue weighted by molar-refractivity contribution is 7.89. The van der Waals surface area contributed by atoms with Crippen molar-refractivity contribution in [3.63, 3.8) is 0 Å². The van der Waals surface area contributed by atoms with Crippen molar-refractivity contribution in [2.24, 2.45) is 0 Å². The maximum atomic E-state index is 13.7. The van der Waals surface area contributed by atoms with Gasteiger partial charge in [0, 0.05) is 19.2 Å². The Bertz CT molecular complexity index is 1490. The van der Waals surface area contributed by atoms with E-state index in [1.54, 1.807) is 12.1 Å². The fourth-order valence-electron chi connectivity index (χ4n) is 4.63. The zero-order valence-corrected chi connectivity index (χ0v) is 24.7. The smallest absolute Gasteiger partial charge is 0.416 e. The van der Waals surface area contributed by atoms with E-state index in [1.807, 2.05) is 37.3 Å². The summed E-state index contributed by atoms with van der Waals surface area (Å²) in [6, 6.07) is 16.7. The number of hydrogen-bond donors (Lipinski definition) is 2. The summed E-state index contributed by atoms with van der Waals surface area (Å²) < 4.78 is 52.3. The van der Waals surface area contributed by atoms with Crippen LogP contribution in [0.4, 0.5) is 15.0 Å². The van der Waals surface area contributed by atoms with E-state index in [9.17, 15) is 27.5 Å². The number of carbonyl (C=O) groups is 2. The Labute approximate surface area is 250 Å². The predicted molar refractivity (Wildman–Crippen MR) is 157 cm³/mol. The molecule has 2 N–H and O–H groups in total. The molecule has 43 heavy (non-hydrogen) atoms. The molecule has 1 aliphatic rings. The number of anilines is 1. The maximum absolute atomic E-state index is 13.7. The molecule has 2 heterocycles. The highest BCUT2D eigenvalue weighted by Crippen LogP contribution is 2.23. The summed E-state index contributed by atoms with van der Waals surface area (Å²) in [6.45, 7) is 1.61. The molecule has 3 aromatic rings. The number of halogens is 1. The number of aliphatic hydroxyl groups is 1. The lowest BCUT2D eigenvalue weighted by molar-refractivity contribution is -0.129. The molecule has 230 valence electrons. The fraction of sp³-hybridized carbons (Fsp3) is 0.367. The molecule has 4 rings (SSSR count). The van der Waals surface area contributed by atoms with Gasteiger partial charge in [-0.2, -0.15) is 4.31 Å². The molecule has 0 saturated carbocycles. The van der Waals surface area contributed by atoms with Gasteiger partial charge < -0.3 is 19.9 Å². The summed E-state index contributed by atoms with van der Waals surface area (Å²) in [5.74, 6) is -0.752. The van der Waals surface area contributed by atoms with Gasteiger partial charge >= 0.3 is 6.09 Å². The van der Waals surface area contributed by atoms with Gasteiger partial charge in [0.15, 0.2) is 6.10 Å². The number of unbranched alkanes of at least 4 members (excludes halogenated alkanes) is 1. The van der Waals surface area contributed by atoms with E-state index >= 15 is 0 Å². The largest absolute Gasteiger partial charge is 0.497 e. The average molecular weight is 615 g/mol. The first-order valence-electron chi connectivity index (χ1n) is 13.9. The Kier molecular flexibility index (Phi) is 10.7. The molecule has 2 amide bonds. The molecule has 1 saturated heterocycles. The molecular formula is C30H35FN4O7S. The van der Waals surface area contributed by atoms with Gasteiger partial charge in [-0.1, -0.05) is 49.7 Å². The van der Waals surface area contributed by atoms with E-state index in [1.165, 1.54) is 29.6 Å². The third kappa shape index (κ3) is 8.06. The van der Waals surface area contributed by atoms with Gasteiger partial charge in [0.05, 0.1) is 36.9 Å². The second kappa shape index (κ2) is 14.4. The van der Waals surface area contributed by atoms with Crippen molar-refractivity contribution < 1.29 is 37.0 Å². The second-order valence-electron chi connectivity index (χ2n) is 10.1. The van der Waals surface area contributed by atoms with Gasteiger partial charge in [-0.3, -0.25) is 9.69 Å². The number of nitrogens with zero attached hydrogens (tertiary/aromatic N) is 3. The SMILES string of the molecule is CCCCN(C[C@@H](O)C(Cc1ccccc1)NC(=O)C1CN(c2ccc(F)cn2)C(=O)O1)S(=O)(=O)c1cccc(OC)c1. The zero-order chi connectivity index (χ0) is 31.0. The number of cyclic esters (lactones) is 1. The number of aliphatic hydroxyl groups excluding tert-OH is 1. The van der Waals surface area contributed by atoms with E-state index < -0.39 is 46.1 Å². The van der Waals surface area contributed by atoms with E-state index in [0.717, 1.165) is 29.1 Å². The number of pyridine rings is 1. The van der Waals surface area contributed by atoms with Crippen LogP contribution >= 0.6 is 0 Å². The lowest BCUT2D eigenvalue weighted by Gasteiger charge is -2.30. The number of benzene rings is 2. The molecule has 0 bridgehead atoms. The minimum atomic E-state index is -4.03. The van der Waals surface area contributed by atoms with Crippen LogP contribution in [-0.2, 0) is 26.0 Å². The second-order valence-corrected chi connectivity index (χ2v) is 12.0. The van der Waals surface area contributed by atoms with E-state index in [-0.39, 0.29) is 36.8 Å². The van der Waals surface area contributed by atoms with Crippen molar-refractivity contribution in [1.29, 1.82) is 0 Å². The van der Waals surface area contributed by atoms with Crippen LogP contribution in [0.15, 0.2) is 77.8 Å². The van der Waals surface area contributed by atoms with E-state index in [4.69, 9.17) is 9.47 Å². The molecule has 1 aliphatic heterocycles. The molecule has 2 unspecified atom stereocenters. The van der Waals surface area contributed by atoms with Crippen LogP contribution in [0.1, 0.15) is 25.3 Å². The Morgan fingerprint density at radius 3 is 2.65 bits per heavy atom. The topological polar surface area (TPSA) is 138 Å². The normalized spacial score (nSPS) is 16.5. The van der Waals surface area contributed by atoms with Crippen LogP contribution in [0.2, 0.25) is 0 Å². The van der Waals surface area contributed by atoms with Gasteiger partial charge in [0.25, 0.3) is 5.91 Å². The van der Waals surface area contributed by atoms with Crippen LogP contribution in [0.25, 0.3) is 0 Å². The molecule has 0 radical (unpaired) electrons. The molecule has 0 spiro atoms. The van der Waals surface area contributed by atoms with Crippen LogP contribution < -0.4 is 15.0 Å². The van der Waals surface area contributed by atoms with E-state index in [2.05, 4.69) is 10.3 Å². The number of aromatic nitrogens is 1. The number of amides is 2. The summed E-state index contributed by atoms with van der Waals surface area (Å²) in [5, 5.41) is 14.2. The third-order valence-corrected chi connectivity index (χ3v) is 8.88. The fourth-order valence-corrected chi connectivity index (χ4v) is 6.16. The van der Waals surface area contributed by atoms with Crippen LogP contribution in [0, 0.1) is 5.82 Å². The summed E-state index contributed by atoms with van der Waals surface area (Å²) in [4.78, 5) is 30.8. The van der Waals surface area contributed by atoms with Crippen molar-refractivity contribution in [2.75, 3.05) is 31.6 Å². The van der Waals surface area contributed by atoms with Crippen molar-refractivity contribution in [3.8, 4) is 5.75 Å². The van der Waals surface area contributed by atoms with Gasteiger partial charge in [-0.15, -0.1) is 0 Å². The monoisotopic (exact) mass is 614 g/mol. The number of sulfonamides is 1. The van der Waals surface area contributed by atoms with Crippen LogP contribution in [0.5, 0.6) is 5.75 Å². The minimum Gasteiger partial charge on any atom is -0.497 e. The Hall–Kier alpha value is -4.07. The Morgan fingerprint density at radius 1 is 1.21 bits per heavy atom. The van der Waals surface area contributed by atoms with Gasteiger partial charge in [0.2, 0.25) is 10.0 Å². The minimum absolute atomic E-state index is 0.0196. The lowest BCUT2D eigenvalue weighted by Crippen LogP contribution is -2.53. The van der Waals surface area contributed by atoms with E-state index in [0.29, 0.717) is 12.2 Å².